The molecule has 9 heteroatoms. The third kappa shape index (κ3) is 7.69. The molecule has 1 heterocycles. The maximum absolute atomic E-state index is 10.9. The summed E-state index contributed by atoms with van der Waals surface area (Å²) in [6.45, 7) is 0.299. The molecule has 1 saturated heterocycles. The van der Waals surface area contributed by atoms with Crippen LogP contribution in [0.4, 0.5) is 0 Å². The summed E-state index contributed by atoms with van der Waals surface area (Å²) >= 11 is 0. The number of aliphatic hydroxyl groups excluding tert-OH is 2. The summed E-state index contributed by atoms with van der Waals surface area (Å²) in [5, 5.41) is 21.0. The number of hydrogen-bond donors (Lipinski definition) is 2. The van der Waals surface area contributed by atoms with Gasteiger partial charge in [-0.05, 0) is 53.1 Å². The number of methoxy groups -OCH3 is 3. The fourth-order valence-electron chi connectivity index (χ4n) is 4.35. The molecule has 0 bridgehead atoms. The molecule has 3 aromatic carbocycles. The van der Waals surface area contributed by atoms with E-state index in [1.807, 2.05) is 72.8 Å². The maximum Gasteiger partial charge on any atom is 0.184 e. The van der Waals surface area contributed by atoms with E-state index < -0.39 is 30.7 Å². The first-order chi connectivity index (χ1) is 19.0. The Morgan fingerprint density at radius 1 is 0.564 bits per heavy atom. The second-order valence-electron chi connectivity index (χ2n) is 9.12. The van der Waals surface area contributed by atoms with Crippen molar-refractivity contribution in [2.45, 2.75) is 50.5 Å². The van der Waals surface area contributed by atoms with E-state index in [9.17, 15) is 10.2 Å². The van der Waals surface area contributed by atoms with Gasteiger partial charge in [0.1, 0.15) is 41.7 Å². The zero-order chi connectivity index (χ0) is 27.6. The lowest BCUT2D eigenvalue weighted by Crippen LogP contribution is -2.61. The predicted molar refractivity (Wildman–Crippen MR) is 143 cm³/mol. The maximum atomic E-state index is 10.9. The van der Waals surface area contributed by atoms with E-state index in [0.29, 0.717) is 0 Å². The Kier molecular flexibility index (Phi) is 10.5. The van der Waals surface area contributed by atoms with Crippen LogP contribution in [-0.2, 0) is 38.8 Å². The van der Waals surface area contributed by atoms with E-state index in [1.165, 1.54) is 0 Å². The molecule has 0 aliphatic carbocycles. The summed E-state index contributed by atoms with van der Waals surface area (Å²) in [5.41, 5.74) is 2.69. The smallest absolute Gasteiger partial charge is 0.184 e. The average Bonchev–Trinajstić information content (AvgIpc) is 2.99. The van der Waals surface area contributed by atoms with Gasteiger partial charge in [-0.25, -0.2) is 0 Å². The molecule has 3 aromatic rings. The van der Waals surface area contributed by atoms with Crippen molar-refractivity contribution in [2.24, 2.45) is 0 Å². The molecule has 0 spiro atoms. The van der Waals surface area contributed by atoms with Crippen LogP contribution in [0.3, 0.4) is 0 Å². The third-order valence-electron chi connectivity index (χ3n) is 6.59. The van der Waals surface area contributed by atoms with Gasteiger partial charge in [-0.15, -0.1) is 0 Å². The van der Waals surface area contributed by atoms with Gasteiger partial charge < -0.3 is 43.4 Å². The van der Waals surface area contributed by atoms with Gasteiger partial charge in [0, 0.05) is 0 Å². The Bertz CT molecular complexity index is 1120. The van der Waals surface area contributed by atoms with Crippen molar-refractivity contribution < 1.29 is 43.4 Å². The number of ether oxygens (including phenoxy) is 7. The lowest BCUT2D eigenvalue weighted by molar-refractivity contribution is -0.315. The second-order valence-corrected chi connectivity index (χ2v) is 9.12. The molecule has 0 radical (unpaired) electrons. The molecule has 210 valence electrons. The Labute approximate surface area is 228 Å². The molecule has 0 saturated carbocycles. The van der Waals surface area contributed by atoms with Gasteiger partial charge in [0.15, 0.2) is 6.29 Å². The quantitative estimate of drug-likeness (QED) is 0.337. The first-order valence-corrected chi connectivity index (χ1v) is 12.7. The van der Waals surface area contributed by atoms with Crippen LogP contribution >= 0.6 is 0 Å². The van der Waals surface area contributed by atoms with E-state index in [1.54, 1.807) is 21.3 Å². The second kappa shape index (κ2) is 14.3. The minimum absolute atomic E-state index is 0.201. The molecule has 1 aliphatic heterocycles. The van der Waals surface area contributed by atoms with Crippen LogP contribution in [0.5, 0.6) is 17.2 Å². The molecule has 0 unspecified atom stereocenters. The van der Waals surface area contributed by atoms with Crippen LogP contribution < -0.4 is 14.2 Å². The molecule has 1 aliphatic rings. The lowest BCUT2D eigenvalue weighted by Gasteiger charge is -2.44. The van der Waals surface area contributed by atoms with Crippen molar-refractivity contribution in [3.8, 4) is 17.2 Å². The molecule has 0 aromatic heterocycles. The highest BCUT2D eigenvalue weighted by Crippen LogP contribution is 2.30. The van der Waals surface area contributed by atoms with E-state index in [0.717, 1.165) is 33.9 Å². The first kappa shape index (κ1) is 28.8. The van der Waals surface area contributed by atoms with E-state index in [4.69, 9.17) is 33.2 Å². The normalized spacial score (nSPS) is 22.8. The van der Waals surface area contributed by atoms with Gasteiger partial charge in [-0.2, -0.15) is 0 Å². The average molecular weight is 541 g/mol. The molecule has 1 fully saturated rings. The number of rotatable bonds is 13. The summed E-state index contributed by atoms with van der Waals surface area (Å²) < 4.78 is 40.2. The molecule has 2 N–H and O–H groups in total. The van der Waals surface area contributed by atoms with Gasteiger partial charge in [0.2, 0.25) is 0 Å². The van der Waals surface area contributed by atoms with Crippen molar-refractivity contribution in [3.05, 3.63) is 89.5 Å². The molecule has 5 atom stereocenters. The third-order valence-corrected chi connectivity index (χ3v) is 6.59. The first-order valence-electron chi connectivity index (χ1n) is 12.7. The van der Waals surface area contributed by atoms with Crippen LogP contribution in [0.1, 0.15) is 16.7 Å². The molecule has 9 nitrogen and oxygen atoms in total. The van der Waals surface area contributed by atoms with Crippen LogP contribution in [0.2, 0.25) is 0 Å². The fraction of sp³-hybridized carbons (Fsp3) is 0.400. The van der Waals surface area contributed by atoms with Gasteiger partial charge in [0.25, 0.3) is 0 Å². The van der Waals surface area contributed by atoms with E-state index in [2.05, 4.69) is 0 Å². The Hall–Kier alpha value is -3.18. The van der Waals surface area contributed by atoms with Crippen molar-refractivity contribution in [1.82, 2.24) is 0 Å². The molecule has 4 rings (SSSR count). The van der Waals surface area contributed by atoms with Gasteiger partial charge in [-0.1, -0.05) is 36.4 Å². The largest absolute Gasteiger partial charge is 0.497 e. The van der Waals surface area contributed by atoms with Gasteiger partial charge in [-0.3, -0.25) is 0 Å². The topological polar surface area (TPSA) is 105 Å². The highest BCUT2D eigenvalue weighted by atomic mass is 16.7. The minimum Gasteiger partial charge on any atom is -0.497 e. The fourth-order valence-corrected chi connectivity index (χ4v) is 4.35. The Balaban J connectivity index is 1.53. The summed E-state index contributed by atoms with van der Waals surface area (Å²) in [7, 11) is 4.83. The van der Waals surface area contributed by atoms with Gasteiger partial charge >= 0.3 is 0 Å². The number of aliphatic hydroxyl groups is 2. The Morgan fingerprint density at radius 3 is 1.28 bits per heavy atom. The lowest BCUT2D eigenvalue weighted by atomic mass is 9.98. The minimum atomic E-state index is -1.33. The summed E-state index contributed by atoms with van der Waals surface area (Å²) in [6, 6.07) is 22.5. The number of hydrogen-bond acceptors (Lipinski definition) is 9. The van der Waals surface area contributed by atoms with Crippen molar-refractivity contribution in [3.63, 3.8) is 0 Å². The monoisotopic (exact) mass is 540 g/mol. The van der Waals surface area contributed by atoms with Gasteiger partial charge in [0.05, 0.1) is 47.8 Å². The van der Waals surface area contributed by atoms with Crippen LogP contribution in [0, 0.1) is 0 Å². The van der Waals surface area contributed by atoms with Crippen LogP contribution in [0.25, 0.3) is 0 Å². The predicted octanol–water partition coefficient (Wildman–Crippen LogP) is 3.48. The summed E-state index contributed by atoms with van der Waals surface area (Å²) in [6.07, 6.45) is -4.50. The van der Waals surface area contributed by atoms with Crippen molar-refractivity contribution >= 4 is 0 Å². The number of benzene rings is 3. The molecular weight excluding hydrogens is 504 g/mol. The zero-order valence-electron chi connectivity index (χ0n) is 22.4. The van der Waals surface area contributed by atoms with Crippen LogP contribution in [0.15, 0.2) is 72.8 Å². The Morgan fingerprint density at radius 2 is 0.923 bits per heavy atom. The standard InChI is InChI=1S/C30H36O9/c1-33-23-10-4-20(5-11-23)17-36-27-26(16-31)39-30(32)29(38-19-22-8-14-25(35-3)15-9-22)28(27)37-18-21-6-12-24(34-2)13-7-21/h4-15,26-32H,16-19H2,1-3H3/t26-,27-,28-,29+,30+/m1/s1. The molecule has 39 heavy (non-hydrogen) atoms. The van der Waals surface area contributed by atoms with E-state index in [-0.39, 0.29) is 26.4 Å². The SMILES string of the molecule is COc1ccc(CO[C@H]2[C@H](OCc3ccc(OC)cc3)[C@@H](O)O[C@H](CO)[C@H]2OCc2ccc(OC)cc2)cc1. The van der Waals surface area contributed by atoms with Crippen molar-refractivity contribution in [1.29, 1.82) is 0 Å². The zero-order valence-corrected chi connectivity index (χ0v) is 22.4. The summed E-state index contributed by atoms with van der Waals surface area (Å²) in [4.78, 5) is 0. The van der Waals surface area contributed by atoms with E-state index >= 15 is 0 Å². The van der Waals surface area contributed by atoms with Crippen LogP contribution in [-0.4, -0.2) is 68.9 Å². The highest BCUT2D eigenvalue weighted by Gasteiger charge is 2.47. The van der Waals surface area contributed by atoms with Crippen molar-refractivity contribution in [2.75, 3.05) is 27.9 Å². The summed E-state index contributed by atoms with van der Waals surface area (Å²) in [5.74, 6) is 2.21. The molecular formula is C30H36O9. The molecule has 0 amide bonds. The highest BCUT2D eigenvalue weighted by molar-refractivity contribution is 5.28.